The molecule has 0 aliphatic heterocycles. The summed E-state index contributed by atoms with van der Waals surface area (Å²) in [5, 5.41) is 27.7. The van der Waals surface area contributed by atoms with Crippen LogP contribution in [0, 0.1) is 0 Å². The van der Waals surface area contributed by atoms with Crippen LogP contribution in [0.5, 0.6) is 0 Å². The number of aromatic amines is 1. The molecule has 0 bridgehead atoms. The molecule has 1 N–H and O–H groups in total. The van der Waals surface area contributed by atoms with Gasteiger partial charge < -0.3 is 5.11 Å². The number of aliphatic imine (C=N–C) groups is 1. The van der Waals surface area contributed by atoms with Crippen molar-refractivity contribution >= 4 is 22.9 Å². The maximum atomic E-state index is 12.1. The van der Waals surface area contributed by atoms with Crippen molar-refractivity contribution in [3.05, 3.63) is 46.2 Å². The molecule has 0 aliphatic carbocycles. The lowest BCUT2D eigenvalue weighted by Gasteiger charge is -2.08. The molecule has 3 aromatic rings. The van der Waals surface area contributed by atoms with Gasteiger partial charge in [0.1, 0.15) is 0 Å². The van der Waals surface area contributed by atoms with E-state index in [9.17, 15) is 5.11 Å². The number of hydrogen-bond acceptors (Lipinski definition) is 6. The third kappa shape index (κ3) is 2.97. The molecule has 0 saturated heterocycles. The maximum Gasteiger partial charge on any atom is 0.204 e. The minimum Gasteiger partial charge on any atom is -0.858 e. The van der Waals surface area contributed by atoms with Crippen LogP contribution in [0.3, 0.4) is 0 Å². The van der Waals surface area contributed by atoms with Gasteiger partial charge in [-0.25, -0.2) is 0 Å². The van der Waals surface area contributed by atoms with Gasteiger partial charge in [0.2, 0.25) is 5.82 Å². The molecule has 7 heteroatoms. The van der Waals surface area contributed by atoms with Crippen molar-refractivity contribution in [3.63, 3.8) is 0 Å². The molecular weight excluding hydrogens is 286 g/mol. The Bertz CT molecular complexity index is 763. The van der Waals surface area contributed by atoms with Crippen molar-refractivity contribution in [1.82, 2.24) is 20.6 Å². The van der Waals surface area contributed by atoms with E-state index in [1.54, 1.807) is 23.5 Å². The minimum absolute atomic E-state index is 0.240. The number of aryl methyl sites for hydroxylation is 1. The molecule has 0 spiro atoms. The van der Waals surface area contributed by atoms with Crippen LogP contribution in [0.1, 0.15) is 17.4 Å². The Balaban J connectivity index is 1.90. The summed E-state index contributed by atoms with van der Waals surface area (Å²) in [6.07, 6.45) is 0.922. The van der Waals surface area contributed by atoms with Gasteiger partial charge in [0, 0.05) is 10.4 Å². The summed E-state index contributed by atoms with van der Waals surface area (Å²) < 4.78 is 0. The topological polar surface area (TPSA) is 89.9 Å². The summed E-state index contributed by atoms with van der Waals surface area (Å²) in [6.45, 7) is 2.06. The first-order valence-corrected chi connectivity index (χ1v) is 7.31. The zero-order chi connectivity index (χ0) is 14.7. The van der Waals surface area contributed by atoms with Crippen LogP contribution in [0.15, 0.2) is 40.7 Å². The number of H-pyrrole nitrogens is 1. The number of rotatable bonds is 4. The van der Waals surface area contributed by atoms with Crippen LogP contribution in [-0.4, -0.2) is 26.5 Å². The van der Waals surface area contributed by atoms with Crippen LogP contribution in [-0.2, 0) is 6.42 Å². The number of thiophene rings is 1. The van der Waals surface area contributed by atoms with Gasteiger partial charge in [-0.05, 0) is 46.7 Å². The number of aromatic nitrogens is 4. The smallest absolute Gasteiger partial charge is 0.204 e. The van der Waals surface area contributed by atoms with Crippen LogP contribution in [0.25, 0.3) is 11.4 Å². The average Bonchev–Trinajstić information content (AvgIpc) is 3.19. The van der Waals surface area contributed by atoms with Crippen molar-refractivity contribution in [1.29, 1.82) is 0 Å². The van der Waals surface area contributed by atoms with Crippen LogP contribution >= 0.6 is 11.3 Å². The Hall–Kier alpha value is -2.54. The van der Waals surface area contributed by atoms with Gasteiger partial charge in [-0.15, -0.1) is 21.5 Å². The summed E-state index contributed by atoms with van der Waals surface area (Å²) in [4.78, 5) is 5.30. The molecule has 0 atom stereocenters. The van der Waals surface area contributed by atoms with Gasteiger partial charge in [-0.1, -0.05) is 19.1 Å². The van der Waals surface area contributed by atoms with E-state index in [1.807, 2.05) is 23.6 Å². The van der Waals surface area contributed by atoms with E-state index < -0.39 is 0 Å². The average molecular weight is 298 g/mol. The Labute approximate surface area is 125 Å². The molecular formula is C14H12N5OS-. The molecule has 106 valence electrons. The first-order valence-electron chi connectivity index (χ1n) is 6.43. The van der Waals surface area contributed by atoms with Crippen LogP contribution < -0.4 is 5.11 Å². The largest absolute Gasteiger partial charge is 0.858 e. The Morgan fingerprint density at radius 2 is 2.29 bits per heavy atom. The molecule has 21 heavy (non-hydrogen) atoms. The second kappa shape index (κ2) is 5.84. The van der Waals surface area contributed by atoms with Gasteiger partial charge in [0.25, 0.3) is 0 Å². The lowest BCUT2D eigenvalue weighted by molar-refractivity contribution is -0.212. The van der Waals surface area contributed by atoms with E-state index in [0.29, 0.717) is 17.1 Å². The lowest BCUT2D eigenvalue weighted by Crippen LogP contribution is -2.17. The lowest BCUT2D eigenvalue weighted by atomic mass is 10.2. The molecule has 0 radical (unpaired) electrons. The number of hydrogen-bond donors (Lipinski definition) is 1. The van der Waals surface area contributed by atoms with Crippen molar-refractivity contribution in [3.8, 4) is 11.4 Å². The van der Waals surface area contributed by atoms with Gasteiger partial charge in [-0.3, -0.25) is 4.99 Å². The maximum absolute atomic E-state index is 12.1. The molecule has 3 rings (SSSR count). The summed E-state index contributed by atoms with van der Waals surface area (Å²) in [6, 6.07) is 9.07. The van der Waals surface area contributed by atoms with Gasteiger partial charge in [0.15, 0.2) is 0 Å². The van der Waals surface area contributed by atoms with Crippen molar-refractivity contribution in [2.75, 3.05) is 0 Å². The molecule has 0 amide bonds. The Kier molecular flexibility index (Phi) is 3.74. The van der Waals surface area contributed by atoms with Crippen molar-refractivity contribution in [2.24, 2.45) is 4.99 Å². The zero-order valence-electron chi connectivity index (χ0n) is 11.3. The molecule has 0 fully saturated rings. The highest BCUT2D eigenvalue weighted by molar-refractivity contribution is 7.10. The standard InChI is InChI=1S/C14H13N5OS/c1-2-12-7-10(8-21-12)14(20)15-11-5-3-4-9(6-11)13-16-18-19-17-13/h3-8H,2H2,1H3,(H,15,20)(H,16,17,18,19)/p-1. The summed E-state index contributed by atoms with van der Waals surface area (Å²) in [5.41, 5.74) is 1.96. The number of benzene rings is 1. The SMILES string of the molecule is CCc1cc(C([O-])=Nc2cccc(-c3nn[nH]n3)c2)cs1. The summed E-state index contributed by atoms with van der Waals surface area (Å²) in [5.74, 6) is 0.236. The third-order valence-corrected chi connectivity index (χ3v) is 4.01. The van der Waals surface area contributed by atoms with Crippen molar-refractivity contribution < 1.29 is 5.11 Å². The summed E-state index contributed by atoms with van der Waals surface area (Å²) >= 11 is 1.58. The molecule has 0 unspecified atom stereocenters. The molecule has 0 saturated carbocycles. The van der Waals surface area contributed by atoms with Crippen molar-refractivity contribution in [2.45, 2.75) is 13.3 Å². The van der Waals surface area contributed by atoms with E-state index in [2.05, 4.69) is 32.5 Å². The monoisotopic (exact) mass is 298 g/mol. The highest BCUT2D eigenvalue weighted by atomic mass is 32.1. The van der Waals surface area contributed by atoms with Gasteiger partial charge >= 0.3 is 0 Å². The highest BCUT2D eigenvalue weighted by Gasteiger charge is 2.03. The number of nitrogens with one attached hydrogen (secondary N) is 1. The third-order valence-electron chi connectivity index (χ3n) is 2.93. The van der Waals surface area contributed by atoms with Crippen LogP contribution in [0.4, 0.5) is 5.69 Å². The van der Waals surface area contributed by atoms with E-state index in [1.165, 1.54) is 4.88 Å². The predicted molar refractivity (Wildman–Crippen MR) is 79.5 cm³/mol. The van der Waals surface area contributed by atoms with Crippen LogP contribution in [0.2, 0.25) is 0 Å². The number of tetrazole rings is 1. The normalized spacial score (nSPS) is 11.8. The first-order chi connectivity index (χ1) is 10.3. The predicted octanol–water partition coefficient (Wildman–Crippen LogP) is 1.93. The molecule has 1 aromatic carbocycles. The zero-order valence-corrected chi connectivity index (χ0v) is 12.1. The van der Waals surface area contributed by atoms with E-state index in [4.69, 9.17) is 0 Å². The van der Waals surface area contributed by atoms with E-state index in [0.717, 1.165) is 12.0 Å². The fraction of sp³-hybridized carbons (Fsp3) is 0.143. The van der Waals surface area contributed by atoms with Gasteiger partial charge in [0.05, 0.1) is 5.69 Å². The Morgan fingerprint density at radius 3 is 3.00 bits per heavy atom. The fourth-order valence-corrected chi connectivity index (χ4v) is 2.67. The van der Waals surface area contributed by atoms with E-state index in [-0.39, 0.29) is 5.90 Å². The second-order valence-electron chi connectivity index (χ2n) is 4.36. The first kappa shape index (κ1) is 13.4. The summed E-state index contributed by atoms with van der Waals surface area (Å²) in [7, 11) is 0. The molecule has 6 nitrogen and oxygen atoms in total. The van der Waals surface area contributed by atoms with Gasteiger partial charge in [-0.2, -0.15) is 5.21 Å². The van der Waals surface area contributed by atoms with E-state index >= 15 is 0 Å². The molecule has 2 heterocycles. The Morgan fingerprint density at radius 1 is 1.38 bits per heavy atom. The highest BCUT2D eigenvalue weighted by Crippen LogP contribution is 2.22. The quantitative estimate of drug-likeness (QED) is 0.588. The number of nitrogens with zero attached hydrogens (tertiary/aromatic N) is 4. The minimum atomic E-state index is -0.240. The molecule has 0 aliphatic rings. The molecule has 2 aromatic heterocycles. The fourth-order valence-electron chi connectivity index (χ4n) is 1.86. The second-order valence-corrected chi connectivity index (χ2v) is 5.35.